The number of primary amides is 1. The van der Waals surface area contributed by atoms with E-state index in [1.54, 1.807) is 16.9 Å². The number of carbonyl (C=O) groups is 1. The molecule has 0 spiro atoms. The van der Waals surface area contributed by atoms with Gasteiger partial charge in [0.25, 0.3) is 5.91 Å². The van der Waals surface area contributed by atoms with Crippen LogP contribution in [0.15, 0.2) is 53.9 Å². The van der Waals surface area contributed by atoms with Crippen LogP contribution in [0.1, 0.15) is 35.1 Å². The second-order valence-electron chi connectivity index (χ2n) is 6.67. The van der Waals surface area contributed by atoms with E-state index in [0.29, 0.717) is 11.7 Å². The maximum Gasteiger partial charge on any atom is 0.269 e. The van der Waals surface area contributed by atoms with Crippen molar-refractivity contribution in [3.63, 3.8) is 0 Å². The van der Waals surface area contributed by atoms with Gasteiger partial charge in [-0.3, -0.25) is 4.79 Å². The van der Waals surface area contributed by atoms with E-state index < -0.39 is 5.91 Å². The van der Waals surface area contributed by atoms with Crippen LogP contribution in [0.5, 0.6) is 0 Å². The largest absolute Gasteiger partial charge is 0.380 e. The Hall–Kier alpha value is -2.89. The van der Waals surface area contributed by atoms with Gasteiger partial charge in [0.1, 0.15) is 5.69 Å². The summed E-state index contributed by atoms with van der Waals surface area (Å²) in [5.74, 6) is 1.48. The number of nitrogens with two attached hydrogens (primary N) is 1. The second-order valence-corrected chi connectivity index (χ2v) is 6.67. The molecule has 3 atom stereocenters. The summed E-state index contributed by atoms with van der Waals surface area (Å²) in [6.07, 6.45) is 8.65. The third-order valence-corrected chi connectivity index (χ3v) is 5.06. The average Bonchev–Trinajstić information content (AvgIpc) is 3.00. The highest BCUT2D eigenvalue weighted by molar-refractivity contribution is 5.90. The molecule has 6 heteroatoms. The van der Waals surface area contributed by atoms with Gasteiger partial charge in [0, 0.05) is 23.7 Å². The molecule has 6 nitrogen and oxygen atoms in total. The highest BCUT2D eigenvalue weighted by Crippen LogP contribution is 2.48. The van der Waals surface area contributed by atoms with Crippen molar-refractivity contribution < 1.29 is 4.79 Å². The number of hydrogen-bond donors (Lipinski definition) is 2. The first-order valence-electron chi connectivity index (χ1n) is 8.20. The first-order valence-corrected chi connectivity index (χ1v) is 8.20. The summed E-state index contributed by atoms with van der Waals surface area (Å²) < 4.78 is 1.59. The summed E-state index contributed by atoms with van der Waals surface area (Å²) in [4.78, 5) is 15.9. The number of nitrogens with zero attached hydrogens (tertiary/aromatic N) is 3. The fourth-order valence-electron chi connectivity index (χ4n) is 3.74. The van der Waals surface area contributed by atoms with Crippen LogP contribution in [-0.2, 0) is 0 Å². The molecule has 3 unspecified atom stereocenters. The molecule has 0 radical (unpaired) electrons. The Morgan fingerprint density at radius 1 is 1.29 bits per heavy atom. The van der Waals surface area contributed by atoms with Crippen molar-refractivity contribution in [2.75, 3.05) is 0 Å². The normalized spacial score (nSPS) is 26.8. The number of nitrogens with one attached hydrogen (secondary N) is 1. The molecule has 3 aliphatic rings. The molecule has 0 saturated carbocycles. The van der Waals surface area contributed by atoms with Gasteiger partial charge in [-0.05, 0) is 42.7 Å². The van der Waals surface area contributed by atoms with E-state index in [-0.39, 0.29) is 11.7 Å². The van der Waals surface area contributed by atoms with Gasteiger partial charge in [-0.2, -0.15) is 5.10 Å². The standard InChI is InChI=1S/C18H17N5O/c19-18(24)14-4-5-23(22-14)17-3-1-2-13(21-17)16-9-12-7-10-6-11(10)8-15(12)20-16/h1-6,8,10,12,16,20H,7,9H2,(H2,19,24). The Labute approximate surface area is 139 Å². The van der Waals surface area contributed by atoms with E-state index >= 15 is 0 Å². The Kier molecular flexibility index (Phi) is 2.71. The van der Waals surface area contributed by atoms with Crippen LogP contribution in [0.25, 0.3) is 5.82 Å². The van der Waals surface area contributed by atoms with Gasteiger partial charge in [0.15, 0.2) is 5.82 Å². The SMILES string of the molecule is NC(=O)c1ccn(-c2cccc(C3CC4CC5C=C5C=C4N3)n2)n1. The topological polar surface area (TPSA) is 85.8 Å². The zero-order chi connectivity index (χ0) is 16.3. The molecule has 24 heavy (non-hydrogen) atoms. The smallest absolute Gasteiger partial charge is 0.269 e. The van der Waals surface area contributed by atoms with Gasteiger partial charge in [-0.1, -0.05) is 12.1 Å². The zero-order valence-corrected chi connectivity index (χ0v) is 13.0. The summed E-state index contributed by atoms with van der Waals surface area (Å²) >= 11 is 0. The van der Waals surface area contributed by atoms with Crippen LogP contribution in [0.3, 0.4) is 0 Å². The number of fused-ring (bicyclic) bond motifs is 2. The molecule has 2 aromatic rings. The molecule has 2 aliphatic carbocycles. The number of rotatable bonds is 3. The summed E-state index contributed by atoms with van der Waals surface area (Å²) in [7, 11) is 0. The lowest BCUT2D eigenvalue weighted by Gasteiger charge is -2.14. The van der Waals surface area contributed by atoms with E-state index in [1.807, 2.05) is 18.2 Å². The monoisotopic (exact) mass is 319 g/mol. The van der Waals surface area contributed by atoms with Gasteiger partial charge < -0.3 is 11.1 Å². The molecule has 1 aliphatic heterocycles. The molecule has 0 aromatic carbocycles. The van der Waals surface area contributed by atoms with E-state index in [9.17, 15) is 4.79 Å². The summed E-state index contributed by atoms with van der Waals surface area (Å²) in [5, 5.41) is 7.80. The number of carbonyl (C=O) groups excluding carboxylic acids is 1. The Morgan fingerprint density at radius 3 is 3.04 bits per heavy atom. The lowest BCUT2D eigenvalue weighted by molar-refractivity contribution is 0.0995. The molecule has 0 bridgehead atoms. The summed E-state index contributed by atoms with van der Waals surface area (Å²) in [6.45, 7) is 0. The fourth-order valence-corrected chi connectivity index (χ4v) is 3.74. The highest BCUT2D eigenvalue weighted by Gasteiger charge is 2.39. The number of pyridine rings is 1. The molecule has 1 amide bonds. The summed E-state index contributed by atoms with van der Waals surface area (Å²) in [5.41, 5.74) is 9.33. The van der Waals surface area contributed by atoms with E-state index in [0.717, 1.165) is 18.0 Å². The minimum absolute atomic E-state index is 0.227. The van der Waals surface area contributed by atoms with Crippen molar-refractivity contribution in [3.05, 3.63) is 65.3 Å². The predicted molar refractivity (Wildman–Crippen MR) is 88.1 cm³/mol. The van der Waals surface area contributed by atoms with Gasteiger partial charge >= 0.3 is 0 Å². The van der Waals surface area contributed by atoms with Crippen LogP contribution < -0.4 is 11.1 Å². The minimum atomic E-state index is -0.536. The molecule has 5 rings (SSSR count). The lowest BCUT2D eigenvalue weighted by Crippen LogP contribution is -2.16. The number of allylic oxidation sites excluding steroid dienone is 4. The van der Waals surface area contributed by atoms with Crippen LogP contribution in [0.4, 0.5) is 0 Å². The first kappa shape index (κ1) is 13.5. The van der Waals surface area contributed by atoms with Crippen molar-refractivity contribution in [2.24, 2.45) is 17.6 Å². The first-order chi connectivity index (χ1) is 11.7. The lowest BCUT2D eigenvalue weighted by atomic mass is 9.90. The zero-order valence-electron chi connectivity index (χ0n) is 13.0. The van der Waals surface area contributed by atoms with Gasteiger partial charge in [0.05, 0.1) is 11.7 Å². The molecule has 3 heterocycles. The maximum atomic E-state index is 11.2. The van der Waals surface area contributed by atoms with Crippen molar-refractivity contribution in [1.29, 1.82) is 0 Å². The van der Waals surface area contributed by atoms with Crippen molar-refractivity contribution in [2.45, 2.75) is 18.9 Å². The Balaban J connectivity index is 1.42. The molecule has 1 saturated heterocycles. The predicted octanol–water partition coefficient (Wildman–Crippen LogP) is 1.86. The highest BCUT2D eigenvalue weighted by atomic mass is 16.1. The number of aromatic nitrogens is 3. The van der Waals surface area contributed by atoms with Gasteiger partial charge in [-0.25, -0.2) is 9.67 Å². The van der Waals surface area contributed by atoms with Crippen molar-refractivity contribution >= 4 is 5.91 Å². The number of hydrogen-bond acceptors (Lipinski definition) is 4. The Morgan fingerprint density at radius 2 is 2.21 bits per heavy atom. The third kappa shape index (κ3) is 2.14. The van der Waals surface area contributed by atoms with E-state index in [2.05, 4.69) is 22.6 Å². The van der Waals surface area contributed by atoms with E-state index in [1.165, 1.54) is 17.7 Å². The number of amides is 1. The van der Waals surface area contributed by atoms with Crippen LogP contribution in [0, 0.1) is 11.8 Å². The molecule has 120 valence electrons. The van der Waals surface area contributed by atoms with Crippen LogP contribution >= 0.6 is 0 Å². The van der Waals surface area contributed by atoms with Gasteiger partial charge in [0.2, 0.25) is 0 Å². The fraction of sp³-hybridized carbons (Fsp3) is 0.278. The molecule has 1 fully saturated rings. The van der Waals surface area contributed by atoms with E-state index in [4.69, 9.17) is 10.7 Å². The van der Waals surface area contributed by atoms with Crippen LogP contribution in [-0.4, -0.2) is 20.7 Å². The average molecular weight is 319 g/mol. The molecular formula is C18H17N5O. The summed E-state index contributed by atoms with van der Waals surface area (Å²) in [6, 6.07) is 7.72. The molecule has 3 N–H and O–H groups in total. The van der Waals surface area contributed by atoms with Crippen molar-refractivity contribution in [3.8, 4) is 5.82 Å². The quantitative estimate of drug-likeness (QED) is 0.904. The van der Waals surface area contributed by atoms with Gasteiger partial charge in [-0.15, -0.1) is 0 Å². The van der Waals surface area contributed by atoms with Crippen molar-refractivity contribution in [1.82, 2.24) is 20.1 Å². The molecular weight excluding hydrogens is 302 g/mol. The second kappa shape index (κ2) is 4.80. The Bertz CT molecular complexity index is 910. The third-order valence-electron chi connectivity index (χ3n) is 5.06. The van der Waals surface area contributed by atoms with Crippen LogP contribution in [0.2, 0.25) is 0 Å². The maximum absolute atomic E-state index is 11.2. The molecule has 2 aromatic heterocycles. The minimum Gasteiger partial charge on any atom is -0.380 e.